The van der Waals surface area contributed by atoms with Gasteiger partial charge < -0.3 is 0 Å². The molecule has 0 aromatic rings. The molecule has 2 N–H and O–H groups in total. The molecule has 0 saturated heterocycles. The first-order valence-corrected chi connectivity index (χ1v) is 1.22. The molecule has 1 radical (unpaired) electrons. The van der Waals surface area contributed by atoms with Crippen molar-refractivity contribution in [3.8, 4) is 0 Å². The third-order valence-electron chi connectivity index (χ3n) is 0.177. The van der Waals surface area contributed by atoms with E-state index in [1.54, 1.807) is 0 Å². The Labute approximate surface area is 51.8 Å². The van der Waals surface area contributed by atoms with Gasteiger partial charge in [0.05, 0.1) is 0 Å². The summed E-state index contributed by atoms with van der Waals surface area (Å²) in [4.78, 5) is 0. The number of hydrogen-bond acceptors (Lipinski definition) is 4. The minimum atomic E-state index is -1.97. The third kappa shape index (κ3) is 10.7. The first kappa shape index (κ1) is 10.2. The molecule has 7 heavy (non-hydrogen) atoms. The molecule has 0 fully saturated rings. The van der Waals surface area contributed by atoms with Crippen LogP contribution in [0.2, 0.25) is 0 Å². The minimum absolute atomic E-state index is 0. The van der Waals surface area contributed by atoms with E-state index in [1.807, 2.05) is 0 Å². The van der Waals surface area contributed by atoms with Gasteiger partial charge in [0.25, 0.3) is 0 Å². The van der Waals surface area contributed by atoms with Crippen molar-refractivity contribution in [3.63, 3.8) is 0 Å². The molecule has 43 valence electrons. The SMILES string of the molecule is O=BOB(O)O.[Cu]. The summed E-state index contributed by atoms with van der Waals surface area (Å²) < 4.78 is 12.5. The van der Waals surface area contributed by atoms with Gasteiger partial charge in [-0.3, -0.25) is 0 Å². The second-order valence-corrected chi connectivity index (χ2v) is 0.559. The Hall–Kier alpha value is 0.169. The minimum Gasteiger partial charge on any atom is 0 e. The fourth-order valence-corrected chi connectivity index (χ4v) is 0.0497. The summed E-state index contributed by atoms with van der Waals surface area (Å²) in [7, 11) is -2.02. The van der Waals surface area contributed by atoms with Gasteiger partial charge in [-0.25, -0.2) is 0 Å². The van der Waals surface area contributed by atoms with Crippen molar-refractivity contribution >= 4 is 14.7 Å². The fourth-order valence-electron chi connectivity index (χ4n) is 0.0497. The summed E-state index contributed by atoms with van der Waals surface area (Å²) in [6.45, 7) is 0. The van der Waals surface area contributed by atoms with Crippen LogP contribution >= 0.6 is 0 Å². The van der Waals surface area contributed by atoms with E-state index in [-0.39, 0.29) is 24.4 Å². The molecular formula is H2B2CuO4. The van der Waals surface area contributed by atoms with E-state index in [1.165, 1.54) is 0 Å². The van der Waals surface area contributed by atoms with E-state index in [0.717, 1.165) is 0 Å². The third-order valence-corrected chi connectivity index (χ3v) is 0.177. The Morgan fingerprint density at radius 2 is 2.00 bits per heavy atom. The zero-order chi connectivity index (χ0) is 4.99. The molecule has 7 heteroatoms. The zero-order valence-corrected chi connectivity index (χ0v) is 4.11. The Balaban J connectivity index is 0. The molecule has 0 spiro atoms. The van der Waals surface area contributed by atoms with E-state index in [2.05, 4.69) is 4.57 Å². The smallest absolute Gasteiger partial charge is 0 e. The van der Waals surface area contributed by atoms with E-state index in [9.17, 15) is 0 Å². The maximum absolute atomic E-state index is 9.07. The van der Waals surface area contributed by atoms with Gasteiger partial charge >= 0.3 is 34.0 Å². The maximum Gasteiger partial charge on any atom is 0 e. The molecule has 0 aromatic carbocycles. The van der Waals surface area contributed by atoms with Gasteiger partial charge in [0, 0.05) is 17.1 Å². The van der Waals surface area contributed by atoms with Crippen molar-refractivity contribution in [3.05, 3.63) is 0 Å². The van der Waals surface area contributed by atoms with E-state index in [4.69, 9.17) is 14.8 Å². The molecule has 0 unspecified atom stereocenters. The van der Waals surface area contributed by atoms with E-state index < -0.39 is 7.32 Å². The van der Waals surface area contributed by atoms with E-state index >= 15 is 0 Å². The first-order valence-electron chi connectivity index (χ1n) is 1.22. The molecule has 0 aliphatic rings. The van der Waals surface area contributed by atoms with Crippen molar-refractivity contribution in [2.45, 2.75) is 0 Å². The van der Waals surface area contributed by atoms with Crippen LogP contribution in [0, 0.1) is 0 Å². The van der Waals surface area contributed by atoms with E-state index in [0.29, 0.717) is 0 Å². The van der Waals surface area contributed by atoms with Gasteiger partial charge in [0.2, 0.25) is 0 Å². The van der Waals surface area contributed by atoms with Crippen LogP contribution in [0.15, 0.2) is 0 Å². The van der Waals surface area contributed by atoms with Crippen molar-refractivity contribution in [1.29, 1.82) is 0 Å². The normalized spacial score (nSPS) is 5.43. The molecule has 0 saturated carbocycles. The van der Waals surface area contributed by atoms with Crippen LogP contribution in [-0.2, 0) is 26.3 Å². The topological polar surface area (TPSA) is 66.8 Å². The second-order valence-electron chi connectivity index (χ2n) is 0.559. The van der Waals surface area contributed by atoms with Crippen molar-refractivity contribution in [1.82, 2.24) is 0 Å². The molecule has 0 aliphatic carbocycles. The summed E-state index contributed by atoms with van der Waals surface area (Å²) in [6, 6.07) is 0. The molecule has 0 aromatic heterocycles. The molecule has 0 bridgehead atoms. The van der Waals surface area contributed by atoms with Crippen LogP contribution in [0.4, 0.5) is 0 Å². The predicted octanol–water partition coefficient (Wildman–Crippen LogP) is -2.07. The molecule has 0 heterocycles. The second kappa shape index (κ2) is 6.17. The van der Waals surface area contributed by atoms with Crippen molar-refractivity contribution in [2.75, 3.05) is 0 Å². The number of hydrogen-bond donors (Lipinski definition) is 2. The largest absolute Gasteiger partial charge is 0 e. The first-order chi connectivity index (χ1) is 2.77. The zero-order valence-electron chi connectivity index (χ0n) is 3.17. The fraction of sp³-hybridized carbons (Fsp3) is 0. The van der Waals surface area contributed by atoms with Crippen LogP contribution in [0.3, 0.4) is 0 Å². The Kier molecular flexibility index (Phi) is 9.00. The van der Waals surface area contributed by atoms with Crippen LogP contribution in [0.5, 0.6) is 0 Å². The van der Waals surface area contributed by atoms with Crippen LogP contribution < -0.4 is 0 Å². The molecule has 0 amide bonds. The average Bonchev–Trinajstić information content (AvgIpc) is 1.35. The predicted molar refractivity (Wildman–Crippen MR) is 17.7 cm³/mol. The van der Waals surface area contributed by atoms with Gasteiger partial charge in [-0.2, -0.15) is 0 Å². The Bertz CT molecular complexity index is 45.0. The van der Waals surface area contributed by atoms with Gasteiger partial charge in [-0.1, -0.05) is 0 Å². The molecular weight excluding hydrogens is 149 g/mol. The van der Waals surface area contributed by atoms with Crippen molar-refractivity contribution < 1.29 is 36.4 Å². The summed E-state index contributed by atoms with van der Waals surface area (Å²) >= 11 is 0. The average molecular weight is 151 g/mol. The van der Waals surface area contributed by atoms with Gasteiger partial charge in [0.15, 0.2) is 0 Å². The van der Waals surface area contributed by atoms with Crippen LogP contribution in [0.25, 0.3) is 0 Å². The standard InChI is InChI=1S/B2H2O4.Cu/c3-1-6-2(4)5;/h4-5H;. The quantitative estimate of drug-likeness (QED) is 0.445. The molecule has 0 atom stereocenters. The van der Waals surface area contributed by atoms with Gasteiger partial charge in [-0.15, -0.1) is 0 Å². The van der Waals surface area contributed by atoms with Crippen molar-refractivity contribution in [2.24, 2.45) is 0 Å². The molecule has 0 rings (SSSR count). The van der Waals surface area contributed by atoms with Gasteiger partial charge in [0.1, 0.15) is 0 Å². The molecule has 0 aliphatic heterocycles. The maximum atomic E-state index is 9.07. The Morgan fingerprint density at radius 1 is 1.57 bits per heavy atom. The van der Waals surface area contributed by atoms with Crippen LogP contribution in [-0.4, -0.2) is 24.7 Å². The summed E-state index contributed by atoms with van der Waals surface area (Å²) in [6.07, 6.45) is 0. The van der Waals surface area contributed by atoms with Gasteiger partial charge in [-0.05, 0) is 0 Å². The number of rotatable bonds is 2. The summed E-state index contributed by atoms with van der Waals surface area (Å²) in [5, 5.41) is 15.3. The summed E-state index contributed by atoms with van der Waals surface area (Å²) in [5.41, 5.74) is 0. The van der Waals surface area contributed by atoms with Crippen LogP contribution in [0.1, 0.15) is 0 Å². The molecule has 4 nitrogen and oxygen atoms in total. The Morgan fingerprint density at radius 3 is 2.00 bits per heavy atom. The monoisotopic (exact) mass is 151 g/mol. The summed E-state index contributed by atoms with van der Waals surface area (Å²) in [5.74, 6) is 0.